The first kappa shape index (κ1) is 18.2. The molecule has 8 nitrogen and oxygen atoms in total. The number of nitro benzene ring substituents is 1. The van der Waals surface area contributed by atoms with Crippen molar-refractivity contribution in [3.8, 4) is 5.75 Å². The van der Waals surface area contributed by atoms with Crippen LogP contribution < -0.4 is 10.1 Å². The van der Waals surface area contributed by atoms with Crippen LogP contribution in [0, 0.1) is 10.1 Å². The molecule has 0 heterocycles. The lowest BCUT2D eigenvalue weighted by Gasteiger charge is -2.23. The quantitative estimate of drug-likeness (QED) is 0.593. The van der Waals surface area contributed by atoms with Crippen LogP contribution in [0.5, 0.6) is 5.75 Å². The first-order valence-corrected chi connectivity index (χ1v) is 7.58. The number of aliphatic hydroxyl groups is 1. The van der Waals surface area contributed by atoms with E-state index in [1.165, 1.54) is 23.1 Å². The van der Waals surface area contributed by atoms with Gasteiger partial charge >= 0.3 is 6.03 Å². The zero-order valence-corrected chi connectivity index (χ0v) is 13.7. The number of aliphatic hydroxyl groups excluding tert-OH is 1. The third-order valence-electron chi connectivity index (χ3n) is 3.52. The van der Waals surface area contributed by atoms with Gasteiger partial charge in [-0.2, -0.15) is 0 Å². The largest absolute Gasteiger partial charge is 0.496 e. The summed E-state index contributed by atoms with van der Waals surface area (Å²) in [7, 11) is 1.54. The molecule has 0 aliphatic heterocycles. The van der Waals surface area contributed by atoms with Crippen molar-refractivity contribution in [1.29, 1.82) is 0 Å². The number of hydrogen-bond acceptors (Lipinski definition) is 5. The summed E-state index contributed by atoms with van der Waals surface area (Å²) in [5, 5.41) is 22.7. The molecule has 0 saturated carbocycles. The molecule has 2 aromatic carbocycles. The van der Waals surface area contributed by atoms with Crippen LogP contribution in [0.1, 0.15) is 5.56 Å². The van der Waals surface area contributed by atoms with Crippen molar-refractivity contribution in [3.63, 3.8) is 0 Å². The number of methoxy groups -OCH3 is 1. The maximum Gasteiger partial charge on any atom is 0.322 e. The van der Waals surface area contributed by atoms with Crippen LogP contribution in [0.3, 0.4) is 0 Å². The van der Waals surface area contributed by atoms with E-state index in [0.717, 1.165) is 5.56 Å². The Balaban J connectivity index is 2.15. The molecule has 0 atom stereocenters. The van der Waals surface area contributed by atoms with Crippen LogP contribution >= 0.6 is 0 Å². The minimum Gasteiger partial charge on any atom is -0.496 e. The number of non-ortho nitro benzene ring substituents is 1. The summed E-state index contributed by atoms with van der Waals surface area (Å²) in [6.45, 7) is 0.127. The van der Waals surface area contributed by atoms with Gasteiger partial charge in [0, 0.05) is 29.9 Å². The Morgan fingerprint density at radius 1 is 1.28 bits per heavy atom. The number of amides is 2. The van der Waals surface area contributed by atoms with Gasteiger partial charge in [-0.1, -0.05) is 24.3 Å². The van der Waals surface area contributed by atoms with Gasteiger partial charge < -0.3 is 20.1 Å². The number of carbonyl (C=O) groups is 1. The lowest BCUT2D eigenvalue weighted by atomic mass is 10.2. The number of hydrogen-bond donors (Lipinski definition) is 2. The Kier molecular flexibility index (Phi) is 6.30. The first-order chi connectivity index (χ1) is 12.0. The summed E-state index contributed by atoms with van der Waals surface area (Å²) in [4.78, 5) is 24.2. The fourth-order valence-electron chi connectivity index (χ4n) is 2.31. The van der Waals surface area contributed by atoms with Crippen LogP contribution in [0.4, 0.5) is 16.2 Å². The van der Waals surface area contributed by atoms with Gasteiger partial charge in [-0.3, -0.25) is 10.1 Å². The van der Waals surface area contributed by atoms with Crippen molar-refractivity contribution in [1.82, 2.24) is 4.90 Å². The van der Waals surface area contributed by atoms with Gasteiger partial charge in [0.15, 0.2) is 0 Å². The maximum absolute atomic E-state index is 12.5. The van der Waals surface area contributed by atoms with Gasteiger partial charge in [0.25, 0.3) is 5.69 Å². The average molecular weight is 345 g/mol. The number of urea groups is 1. The molecular formula is C17H19N3O5. The van der Waals surface area contributed by atoms with Crippen LogP contribution in [0.2, 0.25) is 0 Å². The Bertz CT molecular complexity index is 751. The van der Waals surface area contributed by atoms with E-state index in [1.54, 1.807) is 19.2 Å². The highest BCUT2D eigenvalue weighted by Gasteiger charge is 2.16. The number of nitro groups is 1. The molecule has 0 radical (unpaired) electrons. The predicted octanol–water partition coefficient (Wildman–Crippen LogP) is 2.63. The van der Waals surface area contributed by atoms with Crippen molar-refractivity contribution in [2.75, 3.05) is 25.6 Å². The first-order valence-electron chi connectivity index (χ1n) is 7.58. The Hall–Kier alpha value is -3.13. The minimum atomic E-state index is -0.532. The summed E-state index contributed by atoms with van der Waals surface area (Å²) in [5.41, 5.74) is 0.978. The molecule has 132 valence electrons. The SMILES string of the molecule is COc1ccccc1CN(CCO)C(=O)Nc1cccc([N+](=O)[O-])c1. The zero-order chi connectivity index (χ0) is 18.2. The molecule has 2 amide bonds. The van der Waals surface area contributed by atoms with Crippen LogP contribution in [0.25, 0.3) is 0 Å². The van der Waals surface area contributed by atoms with Crippen molar-refractivity contribution in [2.45, 2.75) is 6.54 Å². The van der Waals surface area contributed by atoms with Crippen LogP contribution in [0.15, 0.2) is 48.5 Å². The Morgan fingerprint density at radius 3 is 2.72 bits per heavy atom. The highest BCUT2D eigenvalue weighted by atomic mass is 16.6. The summed E-state index contributed by atoms with van der Waals surface area (Å²) < 4.78 is 5.27. The predicted molar refractivity (Wildman–Crippen MR) is 92.6 cm³/mol. The van der Waals surface area contributed by atoms with E-state index < -0.39 is 11.0 Å². The molecule has 0 unspecified atom stereocenters. The standard InChI is InChI=1S/C17H19N3O5/c1-25-16-8-3-2-5-13(16)12-19(9-10-21)17(22)18-14-6-4-7-15(11-14)20(23)24/h2-8,11,21H,9-10,12H2,1H3,(H,18,22). The molecule has 0 aromatic heterocycles. The Labute approximate surface area is 144 Å². The third kappa shape index (κ3) is 4.92. The van der Waals surface area contributed by atoms with E-state index in [2.05, 4.69) is 5.32 Å². The molecule has 2 N–H and O–H groups in total. The van der Waals surface area contributed by atoms with Gasteiger partial charge in [-0.15, -0.1) is 0 Å². The van der Waals surface area contributed by atoms with E-state index in [0.29, 0.717) is 11.4 Å². The third-order valence-corrected chi connectivity index (χ3v) is 3.52. The van der Waals surface area contributed by atoms with Gasteiger partial charge in [-0.25, -0.2) is 4.79 Å². The van der Waals surface area contributed by atoms with Gasteiger partial charge in [0.2, 0.25) is 0 Å². The lowest BCUT2D eigenvalue weighted by Crippen LogP contribution is -2.36. The second kappa shape index (κ2) is 8.65. The zero-order valence-electron chi connectivity index (χ0n) is 13.7. The minimum absolute atomic E-state index is 0.110. The summed E-state index contributed by atoms with van der Waals surface area (Å²) in [6, 6.07) is 12.5. The number of nitrogens with zero attached hydrogens (tertiary/aromatic N) is 2. The van der Waals surface area contributed by atoms with Crippen molar-refractivity contribution < 1.29 is 19.6 Å². The average Bonchev–Trinajstić information content (AvgIpc) is 2.62. The second-order valence-corrected chi connectivity index (χ2v) is 5.19. The summed E-state index contributed by atoms with van der Waals surface area (Å²) in [5.74, 6) is 0.633. The van der Waals surface area contributed by atoms with Crippen molar-refractivity contribution in [2.24, 2.45) is 0 Å². The van der Waals surface area contributed by atoms with Crippen LogP contribution in [-0.2, 0) is 6.54 Å². The molecule has 2 rings (SSSR count). The van der Waals surface area contributed by atoms with E-state index >= 15 is 0 Å². The molecule has 0 saturated heterocycles. The van der Waals surface area contributed by atoms with Crippen LogP contribution in [-0.4, -0.2) is 41.2 Å². The molecule has 0 bridgehead atoms. The van der Waals surface area contributed by atoms with Crippen molar-refractivity contribution >= 4 is 17.4 Å². The Morgan fingerprint density at radius 2 is 2.04 bits per heavy atom. The number of benzene rings is 2. The normalized spacial score (nSPS) is 10.2. The number of anilines is 1. The topological polar surface area (TPSA) is 105 Å². The van der Waals surface area contributed by atoms with Crippen molar-refractivity contribution in [3.05, 3.63) is 64.2 Å². The summed E-state index contributed by atoms with van der Waals surface area (Å²) >= 11 is 0. The fourth-order valence-corrected chi connectivity index (χ4v) is 2.31. The molecule has 0 aliphatic carbocycles. The van der Waals surface area contributed by atoms with Gasteiger partial charge in [0.1, 0.15) is 5.75 Å². The monoisotopic (exact) mass is 345 g/mol. The maximum atomic E-state index is 12.5. The highest BCUT2D eigenvalue weighted by Crippen LogP contribution is 2.21. The van der Waals surface area contributed by atoms with E-state index in [1.807, 2.05) is 18.2 Å². The van der Waals surface area contributed by atoms with E-state index in [9.17, 15) is 20.0 Å². The number of ether oxygens (including phenoxy) is 1. The molecule has 2 aromatic rings. The van der Waals surface area contributed by atoms with Gasteiger partial charge in [0.05, 0.1) is 25.2 Å². The molecule has 25 heavy (non-hydrogen) atoms. The summed E-state index contributed by atoms with van der Waals surface area (Å²) in [6.07, 6.45) is 0. The number of nitrogens with one attached hydrogen (secondary N) is 1. The number of para-hydroxylation sites is 1. The molecule has 8 heteroatoms. The molecule has 0 spiro atoms. The number of rotatable bonds is 7. The van der Waals surface area contributed by atoms with E-state index in [-0.39, 0.29) is 25.4 Å². The van der Waals surface area contributed by atoms with E-state index in [4.69, 9.17) is 4.74 Å². The highest BCUT2D eigenvalue weighted by molar-refractivity contribution is 5.89. The molecular weight excluding hydrogens is 326 g/mol. The van der Waals surface area contributed by atoms with Gasteiger partial charge in [-0.05, 0) is 12.1 Å². The number of carbonyl (C=O) groups excluding carboxylic acids is 1. The smallest absolute Gasteiger partial charge is 0.322 e. The second-order valence-electron chi connectivity index (χ2n) is 5.19. The molecule has 0 fully saturated rings. The fraction of sp³-hybridized carbons (Fsp3) is 0.235. The lowest BCUT2D eigenvalue weighted by molar-refractivity contribution is -0.384. The molecule has 0 aliphatic rings.